The number of aromatic nitrogens is 1. The van der Waals surface area contributed by atoms with Gasteiger partial charge in [-0.2, -0.15) is 0 Å². The third kappa shape index (κ3) is 2.37. The molecular weight excluding hydrogens is 264 g/mol. The molecule has 0 saturated carbocycles. The van der Waals surface area contributed by atoms with Gasteiger partial charge in [0.05, 0.1) is 18.8 Å². The van der Waals surface area contributed by atoms with Gasteiger partial charge in [-0.15, -0.1) is 0 Å². The van der Waals surface area contributed by atoms with Crippen LogP contribution in [0, 0.1) is 0 Å². The highest BCUT2D eigenvalue weighted by atomic mass is 35.5. The predicted molar refractivity (Wildman–Crippen MR) is 75.5 cm³/mol. The van der Waals surface area contributed by atoms with Gasteiger partial charge in [-0.05, 0) is 43.1 Å². The summed E-state index contributed by atoms with van der Waals surface area (Å²) in [7, 11) is 0. The minimum Gasteiger partial charge on any atom is -0.394 e. The first kappa shape index (κ1) is 12.9. The average molecular weight is 281 g/mol. The van der Waals surface area contributed by atoms with Gasteiger partial charge >= 0.3 is 0 Å². The van der Waals surface area contributed by atoms with Crippen LogP contribution in [0.15, 0.2) is 18.2 Å². The Bertz CT molecular complexity index is 596. The van der Waals surface area contributed by atoms with Gasteiger partial charge in [0, 0.05) is 21.6 Å². The van der Waals surface area contributed by atoms with E-state index in [1.165, 1.54) is 5.56 Å². The fourth-order valence-corrected chi connectivity index (χ4v) is 3.00. The van der Waals surface area contributed by atoms with Crippen LogP contribution in [0.25, 0.3) is 10.9 Å². The number of nitrogens with one attached hydrogen (secondary N) is 2. The minimum absolute atomic E-state index is 0.0528. The van der Waals surface area contributed by atoms with Crippen LogP contribution in [-0.4, -0.2) is 34.5 Å². The van der Waals surface area contributed by atoms with Crippen LogP contribution in [0.5, 0.6) is 0 Å². The van der Waals surface area contributed by atoms with Crippen molar-refractivity contribution >= 4 is 22.5 Å². The van der Waals surface area contributed by atoms with Crippen LogP contribution in [0.3, 0.4) is 0 Å². The number of aliphatic hydroxyl groups excluding tert-OH is 2. The van der Waals surface area contributed by atoms with Crippen molar-refractivity contribution in [3.05, 3.63) is 34.5 Å². The SMILES string of the molecule is OC[C@H](O)C[C@H]1NCCc2c1[nH]c1ccc(Cl)cc21. The van der Waals surface area contributed by atoms with Crippen LogP contribution in [-0.2, 0) is 6.42 Å². The lowest BCUT2D eigenvalue weighted by Crippen LogP contribution is -2.33. The molecule has 4 nitrogen and oxygen atoms in total. The van der Waals surface area contributed by atoms with Crippen LogP contribution in [0.2, 0.25) is 5.02 Å². The van der Waals surface area contributed by atoms with E-state index in [9.17, 15) is 5.11 Å². The molecule has 1 aromatic heterocycles. The van der Waals surface area contributed by atoms with Crippen molar-refractivity contribution in [3.8, 4) is 0 Å². The van der Waals surface area contributed by atoms with E-state index in [-0.39, 0.29) is 12.6 Å². The molecule has 19 heavy (non-hydrogen) atoms. The molecule has 0 bridgehead atoms. The highest BCUT2D eigenvalue weighted by molar-refractivity contribution is 6.31. The van der Waals surface area contributed by atoms with Crippen molar-refractivity contribution in [2.24, 2.45) is 0 Å². The molecule has 0 amide bonds. The quantitative estimate of drug-likeness (QED) is 0.692. The van der Waals surface area contributed by atoms with Crippen molar-refractivity contribution in [1.82, 2.24) is 10.3 Å². The number of H-pyrrole nitrogens is 1. The first-order valence-electron chi connectivity index (χ1n) is 6.51. The normalized spacial score (nSPS) is 20.5. The number of hydrogen-bond acceptors (Lipinski definition) is 3. The van der Waals surface area contributed by atoms with E-state index in [0.717, 1.165) is 34.6 Å². The first-order valence-corrected chi connectivity index (χ1v) is 6.89. The standard InChI is InChI=1S/C14H17ClN2O2/c15-8-1-2-12-11(5-8)10-3-4-16-13(14(10)17-12)6-9(19)7-18/h1-2,5,9,13,16-19H,3-4,6-7H2/t9-,13-/m1/s1. The third-order valence-corrected chi connectivity index (χ3v) is 3.97. The zero-order valence-electron chi connectivity index (χ0n) is 10.5. The van der Waals surface area contributed by atoms with Crippen LogP contribution < -0.4 is 5.32 Å². The Morgan fingerprint density at radius 3 is 3.05 bits per heavy atom. The fraction of sp³-hybridized carbons (Fsp3) is 0.429. The molecule has 1 aliphatic rings. The molecule has 0 radical (unpaired) electrons. The lowest BCUT2D eigenvalue weighted by atomic mass is 9.96. The van der Waals surface area contributed by atoms with Gasteiger partial charge in [0.1, 0.15) is 0 Å². The van der Waals surface area contributed by atoms with Crippen LogP contribution >= 0.6 is 11.6 Å². The Labute approximate surface area is 116 Å². The summed E-state index contributed by atoms with van der Waals surface area (Å²) in [5, 5.41) is 23.9. The maximum atomic E-state index is 9.63. The number of aliphatic hydroxyl groups is 2. The Balaban J connectivity index is 2.02. The Hall–Kier alpha value is -1.07. The Morgan fingerprint density at radius 2 is 2.26 bits per heavy atom. The van der Waals surface area contributed by atoms with Crippen molar-refractivity contribution in [1.29, 1.82) is 0 Å². The van der Waals surface area contributed by atoms with Gasteiger partial charge in [-0.1, -0.05) is 11.6 Å². The maximum Gasteiger partial charge on any atom is 0.0789 e. The molecule has 0 aliphatic carbocycles. The smallest absolute Gasteiger partial charge is 0.0789 e. The van der Waals surface area contributed by atoms with E-state index >= 15 is 0 Å². The molecule has 5 heteroatoms. The fourth-order valence-electron chi connectivity index (χ4n) is 2.83. The number of aromatic amines is 1. The molecule has 0 spiro atoms. The third-order valence-electron chi connectivity index (χ3n) is 3.73. The van der Waals surface area contributed by atoms with Crippen molar-refractivity contribution < 1.29 is 10.2 Å². The van der Waals surface area contributed by atoms with E-state index in [1.807, 2.05) is 18.2 Å². The van der Waals surface area contributed by atoms with Crippen molar-refractivity contribution in [2.45, 2.75) is 25.0 Å². The second kappa shape index (κ2) is 5.13. The predicted octanol–water partition coefficient (Wildman–Crippen LogP) is 1.75. The second-order valence-electron chi connectivity index (χ2n) is 5.04. The van der Waals surface area contributed by atoms with E-state index in [2.05, 4.69) is 10.3 Å². The number of hydrogen-bond donors (Lipinski definition) is 4. The summed E-state index contributed by atoms with van der Waals surface area (Å²) in [6.45, 7) is 0.662. The molecule has 0 unspecified atom stereocenters. The zero-order valence-corrected chi connectivity index (χ0v) is 11.2. The highest BCUT2D eigenvalue weighted by Crippen LogP contribution is 2.33. The summed E-state index contributed by atoms with van der Waals surface area (Å²) in [6, 6.07) is 5.89. The molecule has 0 saturated heterocycles. The summed E-state index contributed by atoms with van der Waals surface area (Å²) in [6.07, 6.45) is 0.754. The summed E-state index contributed by atoms with van der Waals surface area (Å²) >= 11 is 6.06. The molecular formula is C14H17ClN2O2. The van der Waals surface area contributed by atoms with Gasteiger partial charge in [0.2, 0.25) is 0 Å². The van der Waals surface area contributed by atoms with Crippen LogP contribution in [0.1, 0.15) is 23.7 Å². The Morgan fingerprint density at radius 1 is 1.42 bits per heavy atom. The number of rotatable bonds is 3. The Kier molecular flexibility index (Phi) is 3.50. The van der Waals surface area contributed by atoms with Gasteiger partial charge in [0.25, 0.3) is 0 Å². The average Bonchev–Trinajstić information content (AvgIpc) is 2.78. The highest BCUT2D eigenvalue weighted by Gasteiger charge is 2.25. The largest absolute Gasteiger partial charge is 0.394 e. The summed E-state index contributed by atoms with van der Waals surface area (Å²) in [4.78, 5) is 3.41. The van der Waals surface area contributed by atoms with E-state index in [1.54, 1.807) is 0 Å². The van der Waals surface area contributed by atoms with E-state index in [4.69, 9.17) is 16.7 Å². The molecule has 2 atom stereocenters. The van der Waals surface area contributed by atoms with E-state index in [0.29, 0.717) is 6.42 Å². The lowest BCUT2D eigenvalue weighted by Gasteiger charge is -2.25. The number of benzene rings is 1. The van der Waals surface area contributed by atoms with Gasteiger partial charge < -0.3 is 20.5 Å². The number of halogens is 1. The molecule has 2 aromatic rings. The summed E-state index contributed by atoms with van der Waals surface area (Å²) in [5.41, 5.74) is 3.45. The maximum absolute atomic E-state index is 9.63. The van der Waals surface area contributed by atoms with E-state index < -0.39 is 6.10 Å². The lowest BCUT2D eigenvalue weighted by molar-refractivity contribution is 0.0780. The van der Waals surface area contributed by atoms with Gasteiger partial charge in [0.15, 0.2) is 0 Å². The number of fused-ring (bicyclic) bond motifs is 3. The summed E-state index contributed by atoms with van der Waals surface area (Å²) < 4.78 is 0. The van der Waals surface area contributed by atoms with Gasteiger partial charge in [-0.25, -0.2) is 0 Å². The monoisotopic (exact) mass is 280 g/mol. The van der Waals surface area contributed by atoms with Crippen molar-refractivity contribution in [3.63, 3.8) is 0 Å². The topological polar surface area (TPSA) is 68.3 Å². The van der Waals surface area contributed by atoms with Crippen molar-refractivity contribution in [2.75, 3.05) is 13.2 Å². The summed E-state index contributed by atoms with van der Waals surface area (Å²) in [5.74, 6) is 0. The molecule has 3 rings (SSSR count). The second-order valence-corrected chi connectivity index (χ2v) is 5.47. The van der Waals surface area contributed by atoms with Gasteiger partial charge in [-0.3, -0.25) is 0 Å². The molecule has 0 fully saturated rings. The molecule has 102 valence electrons. The molecule has 4 N–H and O–H groups in total. The molecule has 2 heterocycles. The van der Waals surface area contributed by atoms with Crippen LogP contribution in [0.4, 0.5) is 0 Å². The molecule has 1 aromatic carbocycles. The minimum atomic E-state index is -0.696. The first-order chi connectivity index (χ1) is 9.19. The molecule has 1 aliphatic heterocycles. The zero-order chi connectivity index (χ0) is 13.4.